The van der Waals surface area contributed by atoms with Gasteiger partial charge >= 0.3 is 0 Å². The molecule has 0 spiro atoms. The third-order valence-corrected chi connectivity index (χ3v) is 7.45. The van der Waals surface area contributed by atoms with E-state index in [0.29, 0.717) is 36.5 Å². The van der Waals surface area contributed by atoms with E-state index in [9.17, 15) is 0 Å². The Morgan fingerprint density at radius 2 is 1.90 bits per heavy atom. The minimum atomic E-state index is 0.510. The van der Waals surface area contributed by atoms with Crippen molar-refractivity contribution in [2.75, 3.05) is 44.8 Å². The van der Waals surface area contributed by atoms with E-state index in [-0.39, 0.29) is 0 Å². The van der Waals surface area contributed by atoms with Crippen LogP contribution in [-0.4, -0.2) is 78.9 Å². The van der Waals surface area contributed by atoms with E-state index in [0.717, 1.165) is 73.4 Å². The Kier molecular flexibility index (Phi) is 6.58. The van der Waals surface area contributed by atoms with Crippen LogP contribution in [0, 0.1) is 0 Å². The lowest BCUT2D eigenvalue weighted by atomic mass is 10.0. The fraction of sp³-hybridized carbons (Fsp3) is 0.345. The van der Waals surface area contributed by atoms with E-state index in [4.69, 9.17) is 24.5 Å². The SMILES string of the molecule is Cn1ncc2c1OCCCn1nc(-c3cccc(CCN4CCOCC4)c3)c3cnc(cc31)Nc1ccnc-2n1. The molecule has 40 heavy (non-hydrogen) atoms. The summed E-state index contributed by atoms with van der Waals surface area (Å²) in [6, 6.07) is 12.6. The Morgan fingerprint density at radius 1 is 0.975 bits per heavy atom. The van der Waals surface area contributed by atoms with Crippen LogP contribution in [0.25, 0.3) is 33.5 Å². The molecule has 5 aromatic rings. The second-order valence-electron chi connectivity index (χ2n) is 10.1. The highest BCUT2D eigenvalue weighted by Crippen LogP contribution is 2.32. The largest absolute Gasteiger partial charge is 0.477 e. The van der Waals surface area contributed by atoms with E-state index < -0.39 is 0 Å². The summed E-state index contributed by atoms with van der Waals surface area (Å²) in [6.07, 6.45) is 7.12. The average molecular weight is 538 g/mol. The van der Waals surface area contributed by atoms with Gasteiger partial charge in [0.1, 0.15) is 22.9 Å². The fourth-order valence-electron chi connectivity index (χ4n) is 5.33. The zero-order valence-electron chi connectivity index (χ0n) is 22.5. The quantitative estimate of drug-likeness (QED) is 0.367. The van der Waals surface area contributed by atoms with Gasteiger partial charge in [-0.1, -0.05) is 18.2 Å². The number of hydrogen-bond acceptors (Lipinski definition) is 9. The summed E-state index contributed by atoms with van der Waals surface area (Å²) in [7, 11) is 1.86. The van der Waals surface area contributed by atoms with Crippen molar-refractivity contribution in [2.45, 2.75) is 19.4 Å². The van der Waals surface area contributed by atoms with Crippen molar-refractivity contribution < 1.29 is 9.47 Å². The molecule has 2 aliphatic heterocycles. The van der Waals surface area contributed by atoms with Gasteiger partial charge in [0.2, 0.25) is 5.88 Å². The number of rotatable bonds is 4. The molecule has 204 valence electrons. The van der Waals surface area contributed by atoms with E-state index in [1.807, 2.05) is 25.4 Å². The maximum Gasteiger partial charge on any atom is 0.222 e. The number of nitrogens with one attached hydrogen (secondary N) is 1. The molecule has 0 atom stereocenters. The predicted molar refractivity (Wildman–Crippen MR) is 152 cm³/mol. The Bertz CT molecular complexity index is 1650. The summed E-state index contributed by atoms with van der Waals surface area (Å²) >= 11 is 0. The van der Waals surface area contributed by atoms with Crippen molar-refractivity contribution in [1.82, 2.24) is 39.4 Å². The normalized spacial score (nSPS) is 15.8. The zero-order chi connectivity index (χ0) is 26.9. The Hall–Kier alpha value is -4.35. The smallest absolute Gasteiger partial charge is 0.222 e. The zero-order valence-corrected chi connectivity index (χ0v) is 22.5. The van der Waals surface area contributed by atoms with Crippen LogP contribution in [0.3, 0.4) is 0 Å². The fourth-order valence-corrected chi connectivity index (χ4v) is 5.33. The van der Waals surface area contributed by atoms with Crippen LogP contribution in [-0.2, 0) is 24.8 Å². The Morgan fingerprint density at radius 3 is 2.83 bits per heavy atom. The van der Waals surface area contributed by atoms with Gasteiger partial charge in [-0.25, -0.2) is 19.6 Å². The minimum absolute atomic E-state index is 0.510. The topological polar surface area (TPSA) is 108 Å². The maximum absolute atomic E-state index is 6.17. The summed E-state index contributed by atoms with van der Waals surface area (Å²) in [6.45, 7) is 5.88. The molecule has 0 unspecified atom stereocenters. The third-order valence-electron chi connectivity index (χ3n) is 7.45. The van der Waals surface area contributed by atoms with Gasteiger partial charge in [-0.05, 0) is 24.1 Å². The minimum Gasteiger partial charge on any atom is -0.477 e. The predicted octanol–water partition coefficient (Wildman–Crippen LogP) is 3.69. The monoisotopic (exact) mass is 537 g/mol. The van der Waals surface area contributed by atoms with Gasteiger partial charge in [0.15, 0.2) is 5.82 Å². The van der Waals surface area contributed by atoms with Gasteiger partial charge < -0.3 is 14.8 Å². The number of fused-ring (bicyclic) bond motifs is 5. The highest BCUT2D eigenvalue weighted by molar-refractivity contribution is 5.94. The molecule has 1 aromatic carbocycles. The number of benzene rings is 1. The summed E-state index contributed by atoms with van der Waals surface area (Å²) in [5.41, 5.74) is 5.10. The highest BCUT2D eigenvalue weighted by atomic mass is 16.5. The number of anilines is 2. The standard InChI is InChI=1S/C29H31N9O2/c1-36-29-23(19-32-36)28-30-8-6-25(34-28)33-26-17-24-22(18-31-26)27(35-38(24)9-3-13-40-29)21-5-2-4-20(16-21)7-10-37-11-14-39-15-12-37/h2,4-6,8,16-19H,3,7,9-15H2,1H3,(H,30,31,33,34). The van der Waals surface area contributed by atoms with Crippen molar-refractivity contribution >= 4 is 22.5 Å². The Balaban J connectivity index is 1.22. The molecule has 6 heterocycles. The van der Waals surface area contributed by atoms with E-state index in [1.165, 1.54) is 5.56 Å². The van der Waals surface area contributed by atoms with Crippen LogP contribution in [0.15, 0.2) is 55.0 Å². The number of aromatic nitrogens is 7. The van der Waals surface area contributed by atoms with Gasteiger partial charge in [0.05, 0.1) is 31.5 Å². The molecule has 0 aliphatic carbocycles. The van der Waals surface area contributed by atoms with Gasteiger partial charge in [-0.2, -0.15) is 10.2 Å². The summed E-state index contributed by atoms with van der Waals surface area (Å²) in [5, 5.41) is 13.8. The molecular formula is C29H31N9O2. The van der Waals surface area contributed by atoms with Gasteiger partial charge in [-0.15, -0.1) is 0 Å². The van der Waals surface area contributed by atoms with Gasteiger partial charge in [0, 0.05) is 69.1 Å². The second-order valence-corrected chi connectivity index (χ2v) is 10.1. The lowest BCUT2D eigenvalue weighted by molar-refractivity contribution is 0.0384. The molecule has 1 saturated heterocycles. The number of pyridine rings is 1. The summed E-state index contributed by atoms with van der Waals surface area (Å²) in [5.74, 6) is 2.53. The van der Waals surface area contributed by atoms with Crippen LogP contribution in [0.5, 0.6) is 5.88 Å². The molecule has 1 fully saturated rings. The van der Waals surface area contributed by atoms with Gasteiger partial charge in [0.25, 0.3) is 0 Å². The second kappa shape index (κ2) is 10.7. The first-order valence-electron chi connectivity index (χ1n) is 13.7. The Labute approximate surface area is 231 Å². The molecule has 0 amide bonds. The van der Waals surface area contributed by atoms with Crippen molar-refractivity contribution in [3.63, 3.8) is 0 Å². The average Bonchev–Trinajstić information content (AvgIpc) is 3.54. The molecule has 11 nitrogen and oxygen atoms in total. The molecular weight excluding hydrogens is 506 g/mol. The molecule has 2 aliphatic rings. The lowest BCUT2D eigenvalue weighted by Crippen LogP contribution is -2.37. The van der Waals surface area contributed by atoms with E-state index in [1.54, 1.807) is 17.1 Å². The molecule has 11 heteroatoms. The molecule has 7 rings (SSSR count). The molecule has 4 bridgehead atoms. The lowest BCUT2D eigenvalue weighted by Gasteiger charge is -2.26. The van der Waals surface area contributed by atoms with E-state index in [2.05, 4.69) is 49.2 Å². The number of morpholine rings is 1. The molecule has 4 aromatic heterocycles. The summed E-state index contributed by atoms with van der Waals surface area (Å²) in [4.78, 5) is 16.4. The van der Waals surface area contributed by atoms with Crippen molar-refractivity contribution in [3.8, 4) is 28.5 Å². The molecule has 0 radical (unpaired) electrons. The number of ether oxygens (including phenoxy) is 2. The number of aryl methyl sites for hydroxylation is 2. The van der Waals surface area contributed by atoms with Crippen molar-refractivity contribution in [1.29, 1.82) is 0 Å². The molecule has 0 saturated carbocycles. The van der Waals surface area contributed by atoms with Crippen LogP contribution < -0.4 is 10.1 Å². The number of nitrogens with zero attached hydrogens (tertiary/aromatic N) is 8. The van der Waals surface area contributed by atoms with E-state index >= 15 is 0 Å². The third kappa shape index (κ3) is 4.89. The molecule has 1 N–H and O–H groups in total. The number of hydrogen-bond donors (Lipinski definition) is 1. The van der Waals surface area contributed by atoms with Crippen LogP contribution >= 0.6 is 0 Å². The van der Waals surface area contributed by atoms with Gasteiger partial charge in [-0.3, -0.25) is 9.58 Å². The van der Waals surface area contributed by atoms with Crippen LogP contribution in [0.1, 0.15) is 12.0 Å². The van der Waals surface area contributed by atoms with Crippen LogP contribution in [0.4, 0.5) is 11.6 Å². The van der Waals surface area contributed by atoms with Crippen LogP contribution in [0.2, 0.25) is 0 Å². The summed E-state index contributed by atoms with van der Waals surface area (Å²) < 4.78 is 15.4. The first-order chi connectivity index (χ1) is 19.7. The van der Waals surface area contributed by atoms with Crippen molar-refractivity contribution in [2.24, 2.45) is 7.05 Å². The first-order valence-corrected chi connectivity index (χ1v) is 13.7. The maximum atomic E-state index is 6.17. The highest BCUT2D eigenvalue weighted by Gasteiger charge is 2.19. The first kappa shape index (κ1) is 24.7. The van der Waals surface area contributed by atoms with Crippen molar-refractivity contribution in [3.05, 3.63) is 60.6 Å².